The lowest BCUT2D eigenvalue weighted by molar-refractivity contribution is 0.0628. The van der Waals surface area contributed by atoms with Gasteiger partial charge < -0.3 is 19.7 Å². The second-order valence-electron chi connectivity index (χ2n) is 8.18. The Hall–Kier alpha value is -3.91. The summed E-state index contributed by atoms with van der Waals surface area (Å²) >= 11 is 0. The van der Waals surface area contributed by atoms with Crippen molar-refractivity contribution < 1.29 is 18.7 Å². The standard InChI is InChI=1S/C25H32FN7O3/c1-35-21-7-6-8-22(36-2)23(21)24(34)33-15-13-32(14-16-33)12-5-3-4-10-29-25(30-18-27)31-20-9-11-28-17-19(20)26/h6-9,11,17H,3-5,10,12-16H2,1-2H3,(H2,28,29,30,31). The normalized spacial score (nSPS) is 14.2. The number of nitrogens with one attached hydrogen (secondary N) is 2. The number of amides is 1. The van der Waals surface area contributed by atoms with Crippen LogP contribution in [-0.2, 0) is 0 Å². The SMILES string of the molecule is COc1cccc(OC)c1C(=O)N1CCN(CCCCCN=C(NC#N)Nc2ccncc2F)CC1. The summed E-state index contributed by atoms with van der Waals surface area (Å²) in [6, 6.07) is 6.81. The van der Waals surface area contributed by atoms with Crippen LogP contribution < -0.4 is 20.1 Å². The molecule has 0 aliphatic carbocycles. The van der Waals surface area contributed by atoms with Crippen molar-refractivity contribution in [2.75, 3.05) is 58.8 Å². The summed E-state index contributed by atoms with van der Waals surface area (Å²) in [6.45, 7) is 4.34. The first-order valence-corrected chi connectivity index (χ1v) is 11.9. The number of methoxy groups -OCH3 is 2. The molecule has 0 radical (unpaired) electrons. The van der Waals surface area contributed by atoms with Gasteiger partial charge in [-0.3, -0.25) is 25.0 Å². The number of benzene rings is 1. The lowest BCUT2D eigenvalue weighted by Gasteiger charge is -2.35. The monoisotopic (exact) mass is 497 g/mol. The van der Waals surface area contributed by atoms with E-state index in [4.69, 9.17) is 14.7 Å². The summed E-state index contributed by atoms with van der Waals surface area (Å²) in [7, 11) is 3.10. The highest BCUT2D eigenvalue weighted by Crippen LogP contribution is 2.29. The highest BCUT2D eigenvalue weighted by molar-refractivity contribution is 5.99. The van der Waals surface area contributed by atoms with E-state index in [1.807, 2.05) is 11.1 Å². The van der Waals surface area contributed by atoms with E-state index in [2.05, 4.69) is 25.5 Å². The summed E-state index contributed by atoms with van der Waals surface area (Å²) in [4.78, 5) is 25.3. The summed E-state index contributed by atoms with van der Waals surface area (Å²) in [5, 5.41) is 14.1. The number of nitriles is 1. The van der Waals surface area contributed by atoms with Crippen LogP contribution in [0.1, 0.15) is 29.6 Å². The number of pyridine rings is 1. The fourth-order valence-corrected chi connectivity index (χ4v) is 3.98. The van der Waals surface area contributed by atoms with Gasteiger partial charge in [0.1, 0.15) is 17.1 Å². The minimum atomic E-state index is -0.520. The number of aromatic nitrogens is 1. The maximum atomic E-state index is 13.8. The van der Waals surface area contributed by atoms with Gasteiger partial charge in [-0.2, -0.15) is 5.26 Å². The number of nitrogens with zero attached hydrogens (tertiary/aromatic N) is 5. The van der Waals surface area contributed by atoms with Crippen LogP contribution in [0.4, 0.5) is 10.1 Å². The summed E-state index contributed by atoms with van der Waals surface area (Å²) < 4.78 is 24.5. The Kier molecular flexibility index (Phi) is 10.3. The minimum Gasteiger partial charge on any atom is -0.496 e. The third-order valence-electron chi connectivity index (χ3n) is 5.90. The van der Waals surface area contributed by atoms with E-state index in [1.54, 1.807) is 32.4 Å². The molecule has 1 aliphatic rings. The van der Waals surface area contributed by atoms with E-state index in [-0.39, 0.29) is 17.6 Å². The average Bonchev–Trinajstić information content (AvgIpc) is 2.91. The number of unbranched alkanes of at least 4 members (excludes halogenated alkanes) is 2. The predicted molar refractivity (Wildman–Crippen MR) is 135 cm³/mol. The predicted octanol–water partition coefficient (Wildman–Crippen LogP) is 2.70. The maximum absolute atomic E-state index is 13.8. The molecular formula is C25H32FN7O3. The molecule has 2 heterocycles. The van der Waals surface area contributed by atoms with Crippen LogP contribution in [0.2, 0.25) is 0 Å². The van der Waals surface area contributed by atoms with E-state index in [0.717, 1.165) is 45.1 Å². The third kappa shape index (κ3) is 7.29. The Morgan fingerprint density at radius 3 is 2.50 bits per heavy atom. The molecule has 0 bridgehead atoms. The van der Waals surface area contributed by atoms with Crippen molar-refractivity contribution in [2.24, 2.45) is 4.99 Å². The van der Waals surface area contributed by atoms with Crippen molar-refractivity contribution in [3.8, 4) is 17.7 Å². The fourth-order valence-electron chi connectivity index (χ4n) is 3.98. The molecule has 10 nitrogen and oxygen atoms in total. The van der Waals surface area contributed by atoms with Crippen LogP contribution in [0, 0.1) is 17.3 Å². The van der Waals surface area contributed by atoms with Gasteiger partial charge in [-0.15, -0.1) is 0 Å². The summed E-state index contributed by atoms with van der Waals surface area (Å²) in [5.74, 6) is 0.630. The molecule has 1 aliphatic heterocycles. The number of piperazine rings is 1. The number of carbonyl (C=O) groups excluding carboxylic acids is 1. The number of hydrogen-bond donors (Lipinski definition) is 2. The van der Waals surface area contributed by atoms with Crippen molar-refractivity contribution in [3.63, 3.8) is 0 Å². The Balaban J connectivity index is 1.39. The van der Waals surface area contributed by atoms with Gasteiger partial charge in [0.05, 0.1) is 26.1 Å². The van der Waals surface area contributed by atoms with Gasteiger partial charge in [-0.05, 0) is 37.6 Å². The molecule has 0 spiro atoms. The molecule has 1 amide bonds. The molecule has 11 heteroatoms. The second kappa shape index (κ2) is 13.8. The summed E-state index contributed by atoms with van der Waals surface area (Å²) in [5.41, 5.74) is 0.663. The van der Waals surface area contributed by atoms with Gasteiger partial charge in [0, 0.05) is 38.9 Å². The van der Waals surface area contributed by atoms with E-state index >= 15 is 0 Å². The van der Waals surface area contributed by atoms with Crippen LogP contribution in [0.3, 0.4) is 0 Å². The molecule has 1 fully saturated rings. The minimum absolute atomic E-state index is 0.0798. The number of carbonyl (C=O) groups is 1. The van der Waals surface area contributed by atoms with Crippen molar-refractivity contribution in [2.45, 2.75) is 19.3 Å². The molecular weight excluding hydrogens is 465 g/mol. The van der Waals surface area contributed by atoms with Crippen LogP contribution >= 0.6 is 0 Å². The van der Waals surface area contributed by atoms with E-state index in [9.17, 15) is 9.18 Å². The largest absolute Gasteiger partial charge is 0.496 e. The molecule has 1 aromatic carbocycles. The fraction of sp³-hybridized carbons (Fsp3) is 0.440. The Bertz CT molecular complexity index is 1060. The maximum Gasteiger partial charge on any atom is 0.261 e. The van der Waals surface area contributed by atoms with Crippen LogP contribution in [0.5, 0.6) is 11.5 Å². The molecule has 0 unspecified atom stereocenters. The van der Waals surface area contributed by atoms with Crippen molar-refractivity contribution >= 4 is 17.6 Å². The molecule has 1 aromatic heterocycles. The average molecular weight is 498 g/mol. The highest BCUT2D eigenvalue weighted by Gasteiger charge is 2.26. The second-order valence-corrected chi connectivity index (χ2v) is 8.18. The number of anilines is 1. The first-order chi connectivity index (χ1) is 17.6. The van der Waals surface area contributed by atoms with Gasteiger partial charge in [0.15, 0.2) is 12.0 Å². The van der Waals surface area contributed by atoms with Gasteiger partial charge in [0.25, 0.3) is 5.91 Å². The number of guanidine groups is 1. The van der Waals surface area contributed by atoms with E-state index in [0.29, 0.717) is 36.7 Å². The zero-order chi connectivity index (χ0) is 25.8. The Morgan fingerprint density at radius 2 is 1.86 bits per heavy atom. The number of ether oxygens (including phenoxy) is 2. The van der Waals surface area contributed by atoms with Crippen molar-refractivity contribution in [1.29, 1.82) is 5.26 Å². The molecule has 2 aromatic rings. The number of aliphatic imine (C=N–C) groups is 1. The van der Waals surface area contributed by atoms with Gasteiger partial charge in [0.2, 0.25) is 5.96 Å². The third-order valence-corrected chi connectivity index (χ3v) is 5.90. The number of halogens is 1. The first kappa shape index (κ1) is 26.7. The van der Waals surface area contributed by atoms with Crippen molar-refractivity contribution in [1.82, 2.24) is 20.1 Å². The summed E-state index contributed by atoms with van der Waals surface area (Å²) in [6.07, 6.45) is 7.16. The van der Waals surface area contributed by atoms with E-state index < -0.39 is 5.82 Å². The molecule has 3 rings (SSSR count). The Labute approximate surface area is 210 Å². The molecule has 192 valence electrons. The molecule has 0 saturated carbocycles. The molecule has 36 heavy (non-hydrogen) atoms. The zero-order valence-electron chi connectivity index (χ0n) is 20.7. The lowest BCUT2D eigenvalue weighted by Crippen LogP contribution is -2.48. The molecule has 0 atom stereocenters. The molecule has 1 saturated heterocycles. The van der Waals surface area contributed by atoms with Gasteiger partial charge in [-0.1, -0.05) is 12.5 Å². The smallest absolute Gasteiger partial charge is 0.261 e. The number of hydrogen-bond acceptors (Lipinski definition) is 7. The van der Waals surface area contributed by atoms with Gasteiger partial charge in [-0.25, -0.2) is 4.39 Å². The Morgan fingerprint density at radius 1 is 1.14 bits per heavy atom. The van der Waals surface area contributed by atoms with Gasteiger partial charge >= 0.3 is 0 Å². The first-order valence-electron chi connectivity index (χ1n) is 11.9. The quantitative estimate of drug-likeness (QED) is 0.169. The van der Waals surface area contributed by atoms with Crippen molar-refractivity contribution in [3.05, 3.63) is 48.0 Å². The van der Waals surface area contributed by atoms with Crippen LogP contribution in [-0.4, -0.2) is 80.1 Å². The molecule has 2 N–H and O–H groups in total. The number of rotatable bonds is 10. The van der Waals surface area contributed by atoms with Crippen LogP contribution in [0.25, 0.3) is 0 Å². The highest BCUT2D eigenvalue weighted by atomic mass is 19.1. The zero-order valence-corrected chi connectivity index (χ0v) is 20.7. The lowest BCUT2D eigenvalue weighted by atomic mass is 10.1. The van der Waals surface area contributed by atoms with E-state index in [1.165, 1.54) is 12.3 Å². The topological polar surface area (TPSA) is 115 Å². The van der Waals surface area contributed by atoms with Crippen LogP contribution in [0.15, 0.2) is 41.7 Å².